The quantitative estimate of drug-likeness (QED) is 0.781. The topological polar surface area (TPSA) is 83.5 Å². The molecule has 0 unspecified atom stereocenters. The highest BCUT2D eigenvalue weighted by Gasteiger charge is 2.26. The van der Waals surface area contributed by atoms with Crippen LogP contribution < -0.4 is 4.90 Å². The molecule has 3 aromatic heterocycles. The lowest BCUT2D eigenvalue weighted by atomic mass is 9.94. The Balaban J connectivity index is 1.64. The maximum absolute atomic E-state index is 4.60. The monoisotopic (exact) mass is 309 g/mol. The molecular weight excluding hydrogens is 290 g/mol. The van der Waals surface area contributed by atoms with Gasteiger partial charge >= 0.3 is 0 Å². The Labute approximate surface area is 134 Å². The van der Waals surface area contributed by atoms with Gasteiger partial charge in [-0.2, -0.15) is 5.10 Å². The minimum atomic E-state index is 0.342. The van der Waals surface area contributed by atoms with Gasteiger partial charge in [0.05, 0.1) is 5.69 Å². The Hall–Kier alpha value is -2.57. The summed E-state index contributed by atoms with van der Waals surface area (Å²) in [4.78, 5) is 20.1. The summed E-state index contributed by atoms with van der Waals surface area (Å²) in [7, 11) is 0. The molecule has 118 valence electrons. The number of aryl methyl sites for hydroxylation is 2. The third-order valence-corrected chi connectivity index (χ3v) is 4.30. The molecule has 23 heavy (non-hydrogen) atoms. The molecule has 0 bridgehead atoms. The van der Waals surface area contributed by atoms with Crippen LogP contribution in [-0.4, -0.2) is 43.2 Å². The number of aromatic nitrogens is 6. The normalized spacial score (nSPS) is 18.5. The van der Waals surface area contributed by atoms with E-state index < -0.39 is 0 Å². The van der Waals surface area contributed by atoms with Crippen molar-refractivity contribution in [1.82, 2.24) is 30.1 Å². The first-order valence-corrected chi connectivity index (χ1v) is 7.93. The van der Waals surface area contributed by atoms with E-state index in [1.807, 2.05) is 19.9 Å². The molecule has 1 atom stereocenters. The van der Waals surface area contributed by atoms with Crippen LogP contribution in [0.25, 0.3) is 11.2 Å². The van der Waals surface area contributed by atoms with Crippen LogP contribution in [0.1, 0.15) is 35.8 Å². The highest BCUT2D eigenvalue weighted by Crippen LogP contribution is 2.30. The van der Waals surface area contributed by atoms with Crippen LogP contribution in [0.4, 0.5) is 5.95 Å². The maximum Gasteiger partial charge on any atom is 0.225 e. The van der Waals surface area contributed by atoms with E-state index in [9.17, 15) is 0 Å². The van der Waals surface area contributed by atoms with Crippen LogP contribution in [0, 0.1) is 13.8 Å². The minimum absolute atomic E-state index is 0.342. The Morgan fingerprint density at radius 2 is 1.91 bits per heavy atom. The molecule has 1 N–H and O–H groups in total. The summed E-state index contributed by atoms with van der Waals surface area (Å²) in [6.07, 6.45) is 5.59. The number of rotatable bonds is 2. The molecule has 0 amide bonds. The van der Waals surface area contributed by atoms with Crippen molar-refractivity contribution in [3.05, 3.63) is 35.5 Å². The van der Waals surface area contributed by atoms with Crippen LogP contribution in [-0.2, 0) is 0 Å². The average molecular weight is 309 g/mol. The number of H-pyrrole nitrogens is 1. The van der Waals surface area contributed by atoms with Crippen molar-refractivity contribution < 1.29 is 0 Å². The van der Waals surface area contributed by atoms with E-state index in [1.54, 1.807) is 12.4 Å². The molecule has 0 aliphatic carbocycles. The van der Waals surface area contributed by atoms with E-state index in [1.165, 1.54) is 0 Å². The van der Waals surface area contributed by atoms with Gasteiger partial charge in [0, 0.05) is 42.8 Å². The Kier molecular flexibility index (Phi) is 3.40. The van der Waals surface area contributed by atoms with Crippen molar-refractivity contribution in [3.8, 4) is 0 Å². The number of hydrogen-bond donors (Lipinski definition) is 1. The first-order valence-electron chi connectivity index (χ1n) is 7.93. The molecule has 1 aliphatic rings. The number of hydrogen-bond acceptors (Lipinski definition) is 6. The Morgan fingerprint density at radius 1 is 1.13 bits per heavy atom. The molecule has 1 saturated heterocycles. The summed E-state index contributed by atoms with van der Waals surface area (Å²) >= 11 is 0. The second-order valence-electron chi connectivity index (χ2n) is 6.10. The first-order chi connectivity index (χ1) is 11.2. The highest BCUT2D eigenvalue weighted by atomic mass is 15.3. The van der Waals surface area contributed by atoms with E-state index >= 15 is 0 Å². The smallest absolute Gasteiger partial charge is 0.225 e. The number of nitrogens with one attached hydrogen (secondary N) is 1. The fraction of sp³-hybridized carbons (Fsp3) is 0.438. The largest absolute Gasteiger partial charge is 0.340 e. The Morgan fingerprint density at radius 3 is 2.74 bits per heavy atom. The van der Waals surface area contributed by atoms with Gasteiger partial charge in [0.25, 0.3) is 0 Å². The SMILES string of the molecule is Cc1cc(C)nc(N2CCC[C@H](c3[nH]nc4nccnc34)C2)n1. The lowest BCUT2D eigenvalue weighted by Gasteiger charge is -2.32. The van der Waals surface area contributed by atoms with Gasteiger partial charge in [0.15, 0.2) is 5.65 Å². The zero-order valence-corrected chi connectivity index (χ0v) is 13.3. The number of aromatic amines is 1. The summed E-state index contributed by atoms with van der Waals surface area (Å²) in [5.41, 5.74) is 4.64. The highest BCUT2D eigenvalue weighted by molar-refractivity contribution is 5.73. The van der Waals surface area contributed by atoms with Crippen LogP contribution in [0.15, 0.2) is 18.5 Å². The van der Waals surface area contributed by atoms with Gasteiger partial charge in [0.2, 0.25) is 5.95 Å². The number of anilines is 1. The molecule has 0 aromatic carbocycles. The number of piperidine rings is 1. The van der Waals surface area contributed by atoms with Crippen molar-refractivity contribution in [2.75, 3.05) is 18.0 Å². The van der Waals surface area contributed by atoms with Crippen LogP contribution in [0.5, 0.6) is 0 Å². The van der Waals surface area contributed by atoms with Gasteiger partial charge in [-0.05, 0) is 32.8 Å². The Bertz CT molecular complexity index is 821. The van der Waals surface area contributed by atoms with Crippen molar-refractivity contribution >= 4 is 17.1 Å². The fourth-order valence-electron chi connectivity index (χ4n) is 3.30. The molecule has 4 rings (SSSR count). The molecule has 0 radical (unpaired) electrons. The van der Waals surface area contributed by atoms with Gasteiger partial charge in [-0.1, -0.05) is 0 Å². The summed E-state index contributed by atoms with van der Waals surface area (Å²) < 4.78 is 0. The van der Waals surface area contributed by atoms with Gasteiger partial charge in [-0.15, -0.1) is 0 Å². The van der Waals surface area contributed by atoms with Crippen molar-refractivity contribution in [3.63, 3.8) is 0 Å². The number of nitrogens with zero attached hydrogens (tertiary/aromatic N) is 6. The summed E-state index contributed by atoms with van der Waals surface area (Å²) in [6, 6.07) is 2.00. The van der Waals surface area contributed by atoms with Crippen molar-refractivity contribution in [2.24, 2.45) is 0 Å². The molecule has 1 aliphatic heterocycles. The third kappa shape index (κ3) is 2.62. The van der Waals surface area contributed by atoms with Gasteiger partial charge in [0.1, 0.15) is 5.52 Å². The molecule has 7 nitrogen and oxygen atoms in total. The van der Waals surface area contributed by atoms with Crippen molar-refractivity contribution in [2.45, 2.75) is 32.6 Å². The lowest BCUT2D eigenvalue weighted by molar-refractivity contribution is 0.495. The van der Waals surface area contributed by atoms with E-state index in [-0.39, 0.29) is 0 Å². The fourth-order valence-corrected chi connectivity index (χ4v) is 3.30. The molecule has 4 heterocycles. The summed E-state index contributed by atoms with van der Waals surface area (Å²) in [6.45, 7) is 5.88. The molecule has 7 heteroatoms. The standard InChI is InChI=1S/C16H19N7/c1-10-8-11(2)20-16(19-10)23-7-3-4-12(9-23)13-14-15(22-21-13)18-6-5-17-14/h5-6,8,12H,3-4,7,9H2,1-2H3,(H,18,21,22)/t12-/m0/s1. The van der Waals surface area contributed by atoms with E-state index in [0.29, 0.717) is 11.6 Å². The van der Waals surface area contributed by atoms with E-state index in [2.05, 4.69) is 35.0 Å². The van der Waals surface area contributed by atoms with E-state index in [4.69, 9.17) is 0 Å². The lowest BCUT2D eigenvalue weighted by Crippen LogP contribution is -2.36. The average Bonchev–Trinajstić information content (AvgIpc) is 2.98. The third-order valence-electron chi connectivity index (χ3n) is 4.30. The zero-order valence-electron chi connectivity index (χ0n) is 13.3. The van der Waals surface area contributed by atoms with Gasteiger partial charge in [-0.25, -0.2) is 19.9 Å². The second kappa shape index (κ2) is 5.57. The van der Waals surface area contributed by atoms with Crippen LogP contribution in [0.3, 0.4) is 0 Å². The minimum Gasteiger partial charge on any atom is -0.340 e. The molecule has 0 saturated carbocycles. The second-order valence-corrected chi connectivity index (χ2v) is 6.10. The predicted molar refractivity (Wildman–Crippen MR) is 87.4 cm³/mol. The van der Waals surface area contributed by atoms with Crippen LogP contribution in [0.2, 0.25) is 0 Å². The van der Waals surface area contributed by atoms with Gasteiger partial charge in [-0.3, -0.25) is 5.10 Å². The molecular formula is C16H19N7. The molecule has 3 aromatic rings. The summed E-state index contributed by atoms with van der Waals surface area (Å²) in [5, 5.41) is 7.41. The predicted octanol–water partition coefficient (Wildman–Crippen LogP) is 2.14. The number of fused-ring (bicyclic) bond motifs is 1. The molecule has 0 spiro atoms. The first kappa shape index (κ1) is 14.0. The summed E-state index contributed by atoms with van der Waals surface area (Å²) in [5.74, 6) is 1.16. The van der Waals surface area contributed by atoms with Crippen LogP contribution >= 0.6 is 0 Å². The zero-order chi connectivity index (χ0) is 15.8. The maximum atomic E-state index is 4.60. The van der Waals surface area contributed by atoms with E-state index in [0.717, 1.165) is 54.5 Å². The van der Waals surface area contributed by atoms with Gasteiger partial charge < -0.3 is 4.90 Å². The van der Waals surface area contributed by atoms with Crippen molar-refractivity contribution in [1.29, 1.82) is 0 Å². The molecule has 1 fully saturated rings.